The van der Waals surface area contributed by atoms with E-state index in [1.54, 1.807) is 13.8 Å². The second kappa shape index (κ2) is 12.7. The Kier molecular flexibility index (Phi) is 10.7. The summed E-state index contributed by atoms with van der Waals surface area (Å²) in [6.45, 7) is 3.91. The Labute approximate surface area is 191 Å². The zero-order valence-corrected chi connectivity index (χ0v) is 18.9. The summed E-state index contributed by atoms with van der Waals surface area (Å²) in [5.41, 5.74) is 16.1. The number of carbonyl (C=O) groups is 6. The molecule has 13 heteroatoms. The van der Waals surface area contributed by atoms with Gasteiger partial charge in [-0.1, -0.05) is 13.8 Å². The van der Waals surface area contributed by atoms with Crippen LogP contribution in [0.2, 0.25) is 0 Å². The van der Waals surface area contributed by atoms with E-state index in [4.69, 9.17) is 17.2 Å². The molecule has 0 aromatic rings. The third kappa shape index (κ3) is 8.67. The average Bonchev–Trinajstić information content (AvgIpc) is 3.21. The topological polar surface area (TPSA) is 228 Å². The second-order valence-corrected chi connectivity index (χ2v) is 8.43. The molecule has 1 saturated heterocycles. The van der Waals surface area contributed by atoms with E-state index >= 15 is 0 Å². The number of rotatable bonds is 13. The standard InChI is InChI=1S/C20H34N6O7/c1-10(2)16(23)19(31)26-9-3-4-13(26)18(30)24-11(5-7-14(21)27)17(29)25-12(20(32)33)6-8-15(22)28/h10-13,16H,3-9,23H2,1-2H3,(H2,21,27)(H2,22,28)(H,24,30)(H,25,29)(H,32,33). The number of hydrogen-bond donors (Lipinski definition) is 6. The van der Waals surface area contributed by atoms with Gasteiger partial charge in [0.05, 0.1) is 6.04 Å². The number of primary amides is 2. The molecule has 1 rings (SSSR count). The molecule has 4 unspecified atom stereocenters. The third-order valence-electron chi connectivity index (χ3n) is 5.45. The van der Waals surface area contributed by atoms with Crippen LogP contribution in [0, 0.1) is 5.92 Å². The van der Waals surface area contributed by atoms with E-state index in [1.807, 2.05) is 0 Å². The molecule has 0 aliphatic carbocycles. The van der Waals surface area contributed by atoms with Gasteiger partial charge in [-0.3, -0.25) is 24.0 Å². The molecule has 186 valence electrons. The van der Waals surface area contributed by atoms with Crippen LogP contribution in [0.5, 0.6) is 0 Å². The van der Waals surface area contributed by atoms with Crippen molar-refractivity contribution < 1.29 is 33.9 Å². The maximum absolute atomic E-state index is 12.9. The molecule has 4 atom stereocenters. The first-order valence-electron chi connectivity index (χ1n) is 10.8. The Hall–Kier alpha value is -3.22. The van der Waals surface area contributed by atoms with Crippen LogP contribution in [0.1, 0.15) is 52.4 Å². The fraction of sp³-hybridized carbons (Fsp3) is 0.700. The summed E-state index contributed by atoms with van der Waals surface area (Å²) in [5, 5.41) is 14.0. The van der Waals surface area contributed by atoms with Crippen molar-refractivity contribution in [2.45, 2.75) is 76.5 Å². The molecule has 33 heavy (non-hydrogen) atoms. The van der Waals surface area contributed by atoms with E-state index in [0.29, 0.717) is 19.4 Å². The first-order chi connectivity index (χ1) is 15.3. The average molecular weight is 471 g/mol. The SMILES string of the molecule is CC(C)C(N)C(=O)N1CCCC1C(=O)NC(CCC(N)=O)C(=O)NC(CCC(N)=O)C(=O)O. The van der Waals surface area contributed by atoms with Crippen molar-refractivity contribution in [3.8, 4) is 0 Å². The quantitative estimate of drug-likeness (QED) is 0.169. The predicted octanol–water partition coefficient (Wildman–Crippen LogP) is -2.45. The van der Waals surface area contributed by atoms with Crippen molar-refractivity contribution in [1.82, 2.24) is 15.5 Å². The van der Waals surface area contributed by atoms with E-state index in [2.05, 4.69) is 10.6 Å². The molecule has 0 bridgehead atoms. The second-order valence-electron chi connectivity index (χ2n) is 8.43. The maximum atomic E-state index is 12.9. The number of likely N-dealkylation sites (tertiary alicyclic amines) is 1. The van der Waals surface area contributed by atoms with Crippen molar-refractivity contribution in [2.24, 2.45) is 23.1 Å². The van der Waals surface area contributed by atoms with E-state index in [9.17, 15) is 33.9 Å². The molecule has 9 N–H and O–H groups in total. The summed E-state index contributed by atoms with van der Waals surface area (Å²) < 4.78 is 0. The molecular formula is C20H34N6O7. The minimum atomic E-state index is -1.42. The number of carboxylic acids is 1. The highest BCUT2D eigenvalue weighted by Crippen LogP contribution is 2.20. The smallest absolute Gasteiger partial charge is 0.326 e. The highest BCUT2D eigenvalue weighted by molar-refractivity contribution is 5.94. The molecular weight excluding hydrogens is 436 g/mol. The molecule has 1 aliphatic heterocycles. The van der Waals surface area contributed by atoms with Crippen LogP contribution >= 0.6 is 0 Å². The normalized spacial score (nSPS) is 18.3. The van der Waals surface area contributed by atoms with E-state index < -0.39 is 53.8 Å². The lowest BCUT2D eigenvalue weighted by molar-refractivity contribution is -0.143. The molecule has 1 aliphatic rings. The van der Waals surface area contributed by atoms with Crippen LogP contribution in [-0.4, -0.2) is 76.2 Å². The van der Waals surface area contributed by atoms with Crippen LogP contribution in [0.4, 0.5) is 0 Å². The fourth-order valence-electron chi connectivity index (χ4n) is 3.42. The van der Waals surface area contributed by atoms with Crippen LogP contribution < -0.4 is 27.8 Å². The molecule has 5 amide bonds. The number of nitrogens with zero attached hydrogens (tertiary/aromatic N) is 1. The third-order valence-corrected chi connectivity index (χ3v) is 5.45. The van der Waals surface area contributed by atoms with E-state index in [0.717, 1.165) is 0 Å². The molecule has 0 radical (unpaired) electrons. The van der Waals surface area contributed by atoms with Gasteiger partial charge in [-0.2, -0.15) is 0 Å². The number of nitrogens with two attached hydrogens (primary N) is 3. The zero-order chi connectivity index (χ0) is 25.3. The Morgan fingerprint density at radius 3 is 2.00 bits per heavy atom. The molecule has 1 heterocycles. The van der Waals surface area contributed by atoms with Crippen molar-refractivity contribution in [3.05, 3.63) is 0 Å². The summed E-state index contributed by atoms with van der Waals surface area (Å²) >= 11 is 0. The fourth-order valence-corrected chi connectivity index (χ4v) is 3.42. The minimum Gasteiger partial charge on any atom is -0.480 e. The van der Waals surface area contributed by atoms with Crippen molar-refractivity contribution >= 4 is 35.5 Å². The van der Waals surface area contributed by atoms with Gasteiger partial charge in [0.2, 0.25) is 29.5 Å². The summed E-state index contributed by atoms with van der Waals surface area (Å²) in [7, 11) is 0. The summed E-state index contributed by atoms with van der Waals surface area (Å²) in [4.78, 5) is 73.3. The van der Waals surface area contributed by atoms with Gasteiger partial charge in [0.15, 0.2) is 0 Å². The van der Waals surface area contributed by atoms with Crippen molar-refractivity contribution in [3.63, 3.8) is 0 Å². The lowest BCUT2D eigenvalue weighted by Gasteiger charge is -2.29. The summed E-state index contributed by atoms with van der Waals surface area (Å²) in [6, 6.07) is -4.34. The van der Waals surface area contributed by atoms with Crippen LogP contribution in [0.15, 0.2) is 0 Å². The van der Waals surface area contributed by atoms with E-state index in [1.165, 1.54) is 4.90 Å². The number of aliphatic carboxylic acids is 1. The maximum Gasteiger partial charge on any atom is 0.326 e. The largest absolute Gasteiger partial charge is 0.480 e. The van der Waals surface area contributed by atoms with Gasteiger partial charge in [-0.25, -0.2) is 4.79 Å². The van der Waals surface area contributed by atoms with Crippen molar-refractivity contribution in [2.75, 3.05) is 6.54 Å². The van der Waals surface area contributed by atoms with Gasteiger partial charge < -0.3 is 37.8 Å². The lowest BCUT2D eigenvalue weighted by Crippen LogP contribution is -2.57. The highest BCUT2D eigenvalue weighted by Gasteiger charge is 2.38. The first kappa shape index (κ1) is 27.8. The van der Waals surface area contributed by atoms with Gasteiger partial charge >= 0.3 is 5.97 Å². The van der Waals surface area contributed by atoms with Gasteiger partial charge in [0.1, 0.15) is 18.1 Å². The van der Waals surface area contributed by atoms with Crippen molar-refractivity contribution in [1.29, 1.82) is 0 Å². The Morgan fingerprint density at radius 2 is 1.52 bits per heavy atom. The van der Waals surface area contributed by atoms with Crippen LogP contribution in [-0.2, 0) is 28.8 Å². The molecule has 0 saturated carbocycles. The highest BCUT2D eigenvalue weighted by atomic mass is 16.4. The number of nitrogens with one attached hydrogen (secondary N) is 2. The van der Waals surface area contributed by atoms with Gasteiger partial charge in [-0.05, 0) is 31.6 Å². The molecule has 0 aromatic heterocycles. The Balaban J connectivity index is 2.95. The Bertz CT molecular complexity index is 772. The molecule has 13 nitrogen and oxygen atoms in total. The van der Waals surface area contributed by atoms with Gasteiger partial charge in [0.25, 0.3) is 0 Å². The number of carbonyl (C=O) groups excluding carboxylic acids is 5. The Morgan fingerprint density at radius 1 is 0.970 bits per heavy atom. The predicted molar refractivity (Wildman–Crippen MR) is 116 cm³/mol. The number of amides is 5. The minimum absolute atomic E-state index is 0.135. The zero-order valence-electron chi connectivity index (χ0n) is 18.9. The monoisotopic (exact) mass is 470 g/mol. The van der Waals surface area contributed by atoms with Gasteiger partial charge in [-0.15, -0.1) is 0 Å². The molecule has 0 aromatic carbocycles. The molecule has 0 spiro atoms. The summed E-state index contributed by atoms with van der Waals surface area (Å²) in [6.07, 6.45) is -0.0101. The summed E-state index contributed by atoms with van der Waals surface area (Å²) in [5.74, 6) is -4.84. The lowest BCUT2D eigenvalue weighted by atomic mass is 10.0. The van der Waals surface area contributed by atoms with Gasteiger partial charge in [0, 0.05) is 19.4 Å². The van der Waals surface area contributed by atoms with Crippen LogP contribution in [0.3, 0.4) is 0 Å². The van der Waals surface area contributed by atoms with Crippen LogP contribution in [0.25, 0.3) is 0 Å². The number of carboxylic acid groups (broad SMARTS) is 1. The van der Waals surface area contributed by atoms with E-state index in [-0.39, 0.29) is 37.5 Å². The molecule has 1 fully saturated rings. The first-order valence-corrected chi connectivity index (χ1v) is 10.8. The number of hydrogen-bond acceptors (Lipinski definition) is 7.